The van der Waals surface area contributed by atoms with Gasteiger partial charge < -0.3 is 9.67 Å². The molecule has 1 aromatic heterocycles. The molecule has 1 aromatic carbocycles. The van der Waals surface area contributed by atoms with Crippen LogP contribution in [-0.2, 0) is 4.79 Å². The molecule has 1 N–H and O–H groups in total. The number of hydrogen-bond acceptors (Lipinski definition) is 2. The van der Waals surface area contributed by atoms with Gasteiger partial charge in [-0.1, -0.05) is 0 Å². The maximum absolute atomic E-state index is 13.7. The molecule has 0 saturated carbocycles. The quantitative estimate of drug-likeness (QED) is 0.850. The van der Waals surface area contributed by atoms with E-state index >= 15 is 0 Å². The number of hydrogen-bond donors (Lipinski definition) is 1. The Labute approximate surface area is 101 Å². The second-order valence-corrected chi connectivity index (χ2v) is 3.47. The first-order chi connectivity index (χ1) is 8.58. The fourth-order valence-electron chi connectivity index (χ4n) is 1.49. The van der Waals surface area contributed by atoms with E-state index in [0.29, 0.717) is 0 Å². The molecular weight excluding hydrogens is 242 g/mol. The molecule has 18 heavy (non-hydrogen) atoms. The van der Waals surface area contributed by atoms with Crippen LogP contribution in [0.2, 0.25) is 0 Å². The third-order valence-corrected chi connectivity index (χ3v) is 2.22. The summed E-state index contributed by atoms with van der Waals surface area (Å²) in [4.78, 5) is 14.0. The van der Waals surface area contributed by atoms with Crippen molar-refractivity contribution < 1.29 is 18.7 Å². The molecule has 2 aromatic rings. The molecule has 2 rings (SSSR count). The van der Waals surface area contributed by atoms with Crippen LogP contribution in [0.15, 0.2) is 36.9 Å². The molecule has 92 valence electrons. The highest BCUT2D eigenvalue weighted by Crippen LogP contribution is 2.20. The predicted octanol–water partition coefficient (Wildman–Crippen LogP) is 2.25. The highest BCUT2D eigenvalue weighted by atomic mass is 19.1. The van der Waals surface area contributed by atoms with Gasteiger partial charge in [-0.3, -0.25) is 0 Å². The third-order valence-electron chi connectivity index (χ3n) is 2.22. The number of halogens is 2. The van der Waals surface area contributed by atoms with Crippen LogP contribution in [0.5, 0.6) is 0 Å². The molecule has 0 saturated heterocycles. The molecular formula is C12H8F2N2O2. The second-order valence-electron chi connectivity index (χ2n) is 3.47. The Bertz CT molecular complexity index is 584. The van der Waals surface area contributed by atoms with Gasteiger partial charge in [0.15, 0.2) is 11.6 Å². The summed E-state index contributed by atoms with van der Waals surface area (Å²) in [6, 6.07) is 2.11. The van der Waals surface area contributed by atoms with Crippen molar-refractivity contribution in [1.82, 2.24) is 9.55 Å². The van der Waals surface area contributed by atoms with Crippen LogP contribution in [-0.4, -0.2) is 20.6 Å². The Morgan fingerprint density at radius 2 is 2.00 bits per heavy atom. The zero-order valence-electron chi connectivity index (χ0n) is 9.05. The number of aromatic nitrogens is 2. The van der Waals surface area contributed by atoms with Crippen LogP contribution >= 0.6 is 0 Å². The van der Waals surface area contributed by atoms with E-state index in [1.165, 1.54) is 23.3 Å². The summed E-state index contributed by atoms with van der Waals surface area (Å²) >= 11 is 0. The summed E-state index contributed by atoms with van der Waals surface area (Å²) in [7, 11) is 0. The highest BCUT2D eigenvalue weighted by molar-refractivity contribution is 5.85. The molecule has 0 aliphatic rings. The molecule has 4 nitrogen and oxygen atoms in total. The van der Waals surface area contributed by atoms with Crippen molar-refractivity contribution in [3.8, 4) is 5.69 Å². The zero-order valence-corrected chi connectivity index (χ0v) is 9.05. The summed E-state index contributed by atoms with van der Waals surface area (Å²) in [6.07, 6.45) is 6.01. The lowest BCUT2D eigenvalue weighted by molar-refractivity contribution is -0.131. The van der Waals surface area contributed by atoms with E-state index in [2.05, 4.69) is 4.98 Å². The first-order valence-corrected chi connectivity index (χ1v) is 4.96. The lowest BCUT2D eigenvalue weighted by atomic mass is 10.1. The van der Waals surface area contributed by atoms with Gasteiger partial charge in [0.1, 0.15) is 5.69 Å². The summed E-state index contributed by atoms with van der Waals surface area (Å²) < 4.78 is 28.7. The maximum Gasteiger partial charge on any atom is 0.328 e. The number of nitrogens with zero attached hydrogens (tertiary/aromatic N) is 2. The first kappa shape index (κ1) is 12.0. The van der Waals surface area contributed by atoms with Gasteiger partial charge in [0.25, 0.3) is 0 Å². The van der Waals surface area contributed by atoms with Gasteiger partial charge >= 0.3 is 5.97 Å². The smallest absolute Gasteiger partial charge is 0.328 e. The largest absolute Gasteiger partial charge is 0.478 e. The minimum absolute atomic E-state index is 0.135. The lowest BCUT2D eigenvalue weighted by Gasteiger charge is -2.06. The van der Waals surface area contributed by atoms with Crippen molar-refractivity contribution in [3.05, 3.63) is 54.1 Å². The average Bonchev–Trinajstić information content (AvgIpc) is 2.79. The normalized spacial score (nSPS) is 11.0. The number of carboxylic acids is 1. The van der Waals surface area contributed by atoms with Gasteiger partial charge in [0, 0.05) is 18.5 Å². The molecule has 0 bridgehead atoms. The van der Waals surface area contributed by atoms with Crippen LogP contribution in [0.1, 0.15) is 5.56 Å². The number of benzene rings is 1. The predicted molar refractivity (Wildman–Crippen MR) is 60.1 cm³/mol. The molecule has 6 heteroatoms. The lowest BCUT2D eigenvalue weighted by Crippen LogP contribution is -2.00. The van der Waals surface area contributed by atoms with Crippen LogP contribution in [0, 0.1) is 11.6 Å². The van der Waals surface area contributed by atoms with E-state index in [1.54, 1.807) is 0 Å². The Balaban J connectivity index is 2.45. The molecule has 0 amide bonds. The fraction of sp³-hybridized carbons (Fsp3) is 0. The number of carbonyl (C=O) groups is 1. The van der Waals surface area contributed by atoms with E-state index < -0.39 is 17.6 Å². The van der Waals surface area contributed by atoms with Gasteiger partial charge in [-0.25, -0.2) is 18.6 Å². The fourth-order valence-corrected chi connectivity index (χ4v) is 1.49. The van der Waals surface area contributed by atoms with Crippen molar-refractivity contribution in [2.75, 3.05) is 0 Å². The number of carboxylic acid groups (broad SMARTS) is 1. The number of aliphatic carboxylic acids is 1. The summed E-state index contributed by atoms with van der Waals surface area (Å²) in [5, 5.41) is 8.43. The monoisotopic (exact) mass is 250 g/mol. The average molecular weight is 250 g/mol. The van der Waals surface area contributed by atoms with E-state index in [1.807, 2.05) is 0 Å². The molecule has 0 unspecified atom stereocenters. The van der Waals surface area contributed by atoms with Crippen LogP contribution in [0.4, 0.5) is 8.78 Å². The van der Waals surface area contributed by atoms with Gasteiger partial charge in [-0.15, -0.1) is 0 Å². The van der Waals surface area contributed by atoms with Crippen molar-refractivity contribution in [1.29, 1.82) is 0 Å². The second kappa shape index (κ2) is 4.79. The summed E-state index contributed by atoms with van der Waals surface area (Å²) in [5.74, 6) is -2.77. The molecule has 0 fully saturated rings. The summed E-state index contributed by atoms with van der Waals surface area (Å²) in [6.45, 7) is 0. The van der Waals surface area contributed by atoms with Crippen molar-refractivity contribution in [2.45, 2.75) is 0 Å². The van der Waals surface area contributed by atoms with E-state index in [-0.39, 0.29) is 11.3 Å². The minimum Gasteiger partial charge on any atom is -0.478 e. The SMILES string of the molecule is O=C(O)/C=C/c1cc(F)c(-n2ccnc2)c(F)c1. The maximum atomic E-state index is 13.7. The van der Waals surface area contributed by atoms with Gasteiger partial charge in [0.2, 0.25) is 0 Å². The van der Waals surface area contributed by atoms with Crippen molar-refractivity contribution in [2.24, 2.45) is 0 Å². The van der Waals surface area contributed by atoms with Gasteiger partial charge in [0.05, 0.1) is 6.33 Å². The van der Waals surface area contributed by atoms with E-state index in [9.17, 15) is 13.6 Å². The Morgan fingerprint density at radius 1 is 1.33 bits per heavy atom. The molecule has 0 aliphatic heterocycles. The molecule has 0 aliphatic carbocycles. The third kappa shape index (κ3) is 2.42. The minimum atomic E-state index is -1.19. The standard InChI is InChI=1S/C12H8F2N2O2/c13-9-5-8(1-2-11(17)18)6-10(14)12(9)16-4-3-15-7-16/h1-7H,(H,17,18)/b2-1+. The van der Waals surface area contributed by atoms with Crippen molar-refractivity contribution >= 4 is 12.0 Å². The van der Waals surface area contributed by atoms with Gasteiger partial charge in [-0.05, 0) is 23.8 Å². The first-order valence-electron chi connectivity index (χ1n) is 4.96. The topological polar surface area (TPSA) is 55.1 Å². The van der Waals surface area contributed by atoms with Gasteiger partial charge in [-0.2, -0.15) is 0 Å². The van der Waals surface area contributed by atoms with Crippen molar-refractivity contribution in [3.63, 3.8) is 0 Å². The zero-order chi connectivity index (χ0) is 13.1. The summed E-state index contributed by atoms with van der Waals surface area (Å²) in [5.41, 5.74) is -0.115. The number of imidazole rings is 1. The van der Waals surface area contributed by atoms with E-state index in [0.717, 1.165) is 24.3 Å². The Kier molecular flexibility index (Phi) is 3.18. The molecule has 0 radical (unpaired) electrons. The Morgan fingerprint density at radius 3 is 2.50 bits per heavy atom. The van der Waals surface area contributed by atoms with Crippen LogP contribution in [0.3, 0.4) is 0 Å². The van der Waals surface area contributed by atoms with Crippen LogP contribution < -0.4 is 0 Å². The molecule has 1 heterocycles. The molecule has 0 spiro atoms. The highest BCUT2D eigenvalue weighted by Gasteiger charge is 2.11. The molecule has 0 atom stereocenters. The van der Waals surface area contributed by atoms with Crippen LogP contribution in [0.25, 0.3) is 11.8 Å². The number of rotatable bonds is 3. The Hall–Kier alpha value is -2.50. The van der Waals surface area contributed by atoms with E-state index in [4.69, 9.17) is 5.11 Å².